The third kappa shape index (κ3) is 3.07. The molecule has 1 fully saturated rings. The minimum Gasteiger partial charge on any atom is -0.395 e. The number of aliphatic hydroxyl groups excluding tert-OH is 1. The summed E-state index contributed by atoms with van der Waals surface area (Å²) in [6.45, 7) is 2.09. The van der Waals surface area contributed by atoms with Gasteiger partial charge in [-0.25, -0.2) is 4.98 Å². The van der Waals surface area contributed by atoms with Crippen molar-refractivity contribution in [2.24, 2.45) is 0 Å². The van der Waals surface area contributed by atoms with E-state index in [1.54, 1.807) is 19.2 Å². The second kappa shape index (κ2) is 6.65. The Bertz CT molecular complexity index is 473. The molecule has 0 unspecified atom stereocenters. The number of rotatable bonds is 5. The summed E-state index contributed by atoms with van der Waals surface area (Å²) in [4.78, 5) is 17.1. The molecule has 20 heavy (non-hydrogen) atoms. The zero-order valence-electron chi connectivity index (χ0n) is 11.8. The van der Waals surface area contributed by atoms with Crippen LogP contribution in [0.2, 0.25) is 0 Å². The topological polar surface area (TPSA) is 79.5 Å². The molecule has 1 aliphatic rings. The lowest BCUT2D eigenvalue weighted by molar-refractivity contribution is -0.384. The first-order valence-electron chi connectivity index (χ1n) is 7.12. The van der Waals surface area contributed by atoms with E-state index in [1.807, 2.05) is 4.90 Å². The molecule has 2 rings (SSSR count). The SMILES string of the molecule is Cc1ccnc(N(CCO)C2CCCCC2)c1[N+](=O)[O-]. The Morgan fingerprint density at radius 2 is 2.15 bits per heavy atom. The molecule has 0 aliphatic heterocycles. The van der Waals surface area contributed by atoms with Crippen molar-refractivity contribution in [3.8, 4) is 0 Å². The molecule has 110 valence electrons. The maximum absolute atomic E-state index is 11.3. The van der Waals surface area contributed by atoms with Crippen molar-refractivity contribution in [1.82, 2.24) is 4.98 Å². The van der Waals surface area contributed by atoms with E-state index >= 15 is 0 Å². The fourth-order valence-electron chi connectivity index (χ4n) is 2.93. The normalized spacial score (nSPS) is 16.1. The number of hydrogen-bond donors (Lipinski definition) is 1. The summed E-state index contributed by atoms with van der Waals surface area (Å²) in [5.74, 6) is 0.399. The van der Waals surface area contributed by atoms with E-state index in [2.05, 4.69) is 4.98 Å². The summed E-state index contributed by atoms with van der Waals surface area (Å²) in [5, 5.41) is 20.6. The molecular weight excluding hydrogens is 258 g/mol. The molecule has 0 aromatic carbocycles. The van der Waals surface area contributed by atoms with Crippen molar-refractivity contribution < 1.29 is 10.0 Å². The first-order valence-corrected chi connectivity index (χ1v) is 7.12. The zero-order chi connectivity index (χ0) is 14.5. The second-order valence-electron chi connectivity index (χ2n) is 5.27. The number of aliphatic hydroxyl groups is 1. The average Bonchev–Trinajstić information content (AvgIpc) is 2.45. The number of nitro groups is 1. The molecule has 0 bridgehead atoms. The smallest absolute Gasteiger partial charge is 0.314 e. The van der Waals surface area contributed by atoms with Crippen LogP contribution in [0, 0.1) is 17.0 Å². The van der Waals surface area contributed by atoms with Crippen molar-refractivity contribution in [3.05, 3.63) is 27.9 Å². The molecule has 0 saturated heterocycles. The van der Waals surface area contributed by atoms with E-state index in [-0.39, 0.29) is 23.3 Å². The maximum atomic E-state index is 11.3. The van der Waals surface area contributed by atoms with Crippen LogP contribution >= 0.6 is 0 Å². The summed E-state index contributed by atoms with van der Waals surface area (Å²) < 4.78 is 0. The lowest BCUT2D eigenvalue weighted by Crippen LogP contribution is -2.39. The molecule has 1 saturated carbocycles. The van der Waals surface area contributed by atoms with Gasteiger partial charge in [0, 0.05) is 24.3 Å². The summed E-state index contributed by atoms with van der Waals surface area (Å²) in [7, 11) is 0. The van der Waals surface area contributed by atoms with Crippen LogP contribution in [-0.2, 0) is 0 Å². The quantitative estimate of drug-likeness (QED) is 0.661. The van der Waals surface area contributed by atoms with Gasteiger partial charge in [0.25, 0.3) is 0 Å². The van der Waals surface area contributed by atoms with Gasteiger partial charge in [0.2, 0.25) is 5.82 Å². The van der Waals surface area contributed by atoms with Gasteiger partial charge in [-0.2, -0.15) is 0 Å². The lowest BCUT2D eigenvalue weighted by atomic mass is 9.94. The Balaban J connectivity index is 2.38. The van der Waals surface area contributed by atoms with Gasteiger partial charge in [0.1, 0.15) is 0 Å². The van der Waals surface area contributed by atoms with Crippen molar-refractivity contribution in [1.29, 1.82) is 0 Å². The van der Waals surface area contributed by atoms with Crippen molar-refractivity contribution in [2.75, 3.05) is 18.1 Å². The van der Waals surface area contributed by atoms with Crippen molar-refractivity contribution in [2.45, 2.75) is 45.1 Å². The molecule has 6 nitrogen and oxygen atoms in total. The van der Waals surface area contributed by atoms with Crippen LogP contribution in [0.1, 0.15) is 37.7 Å². The van der Waals surface area contributed by atoms with Crippen LogP contribution in [-0.4, -0.2) is 34.2 Å². The van der Waals surface area contributed by atoms with E-state index in [0.29, 0.717) is 17.9 Å². The van der Waals surface area contributed by atoms with Gasteiger partial charge < -0.3 is 10.0 Å². The van der Waals surface area contributed by atoms with Crippen LogP contribution in [0.3, 0.4) is 0 Å². The van der Waals surface area contributed by atoms with Crippen LogP contribution < -0.4 is 4.90 Å². The van der Waals surface area contributed by atoms with E-state index in [0.717, 1.165) is 25.7 Å². The highest BCUT2D eigenvalue weighted by molar-refractivity contribution is 5.62. The second-order valence-corrected chi connectivity index (χ2v) is 5.27. The monoisotopic (exact) mass is 279 g/mol. The van der Waals surface area contributed by atoms with E-state index < -0.39 is 0 Å². The molecule has 1 aromatic heterocycles. The number of aryl methyl sites for hydroxylation is 1. The highest BCUT2D eigenvalue weighted by Gasteiger charge is 2.29. The largest absolute Gasteiger partial charge is 0.395 e. The summed E-state index contributed by atoms with van der Waals surface area (Å²) >= 11 is 0. The van der Waals surface area contributed by atoms with Gasteiger partial charge in [0.05, 0.1) is 11.5 Å². The van der Waals surface area contributed by atoms with Gasteiger partial charge in [-0.05, 0) is 25.8 Å². The fourth-order valence-corrected chi connectivity index (χ4v) is 2.93. The van der Waals surface area contributed by atoms with E-state index in [4.69, 9.17) is 0 Å². The first-order chi connectivity index (χ1) is 9.65. The molecule has 1 aliphatic carbocycles. The van der Waals surface area contributed by atoms with Crippen molar-refractivity contribution >= 4 is 11.5 Å². The summed E-state index contributed by atoms with van der Waals surface area (Å²) in [6.07, 6.45) is 7.09. The lowest BCUT2D eigenvalue weighted by Gasteiger charge is -2.34. The van der Waals surface area contributed by atoms with Crippen molar-refractivity contribution in [3.63, 3.8) is 0 Å². The Hall–Kier alpha value is -1.69. The Labute approximate surface area is 118 Å². The molecular formula is C14H21N3O3. The van der Waals surface area contributed by atoms with Gasteiger partial charge in [0.15, 0.2) is 0 Å². The van der Waals surface area contributed by atoms with Gasteiger partial charge in [-0.3, -0.25) is 10.1 Å². The fraction of sp³-hybridized carbons (Fsp3) is 0.643. The standard InChI is InChI=1S/C14H21N3O3/c1-11-7-8-15-14(13(11)17(19)20)16(9-10-18)12-5-3-2-4-6-12/h7-8,12,18H,2-6,9-10H2,1H3. The Morgan fingerprint density at radius 1 is 1.45 bits per heavy atom. The van der Waals surface area contributed by atoms with Crippen LogP contribution in [0.15, 0.2) is 12.3 Å². The first kappa shape index (κ1) is 14.7. The number of pyridine rings is 1. The number of hydrogen-bond acceptors (Lipinski definition) is 5. The minimum atomic E-state index is -0.370. The Kier molecular flexibility index (Phi) is 4.89. The predicted molar refractivity (Wildman–Crippen MR) is 76.9 cm³/mol. The highest BCUT2D eigenvalue weighted by atomic mass is 16.6. The van der Waals surface area contributed by atoms with E-state index in [1.165, 1.54) is 6.42 Å². The molecule has 0 radical (unpaired) electrons. The highest BCUT2D eigenvalue weighted by Crippen LogP contribution is 2.33. The Morgan fingerprint density at radius 3 is 2.75 bits per heavy atom. The molecule has 1 heterocycles. The number of anilines is 1. The molecule has 1 N–H and O–H groups in total. The van der Waals surface area contributed by atoms with Gasteiger partial charge >= 0.3 is 5.69 Å². The minimum absolute atomic E-state index is 0.0245. The average molecular weight is 279 g/mol. The van der Waals surface area contributed by atoms with Crippen LogP contribution in [0.25, 0.3) is 0 Å². The van der Waals surface area contributed by atoms with Gasteiger partial charge in [-0.1, -0.05) is 19.3 Å². The molecule has 0 amide bonds. The number of nitrogens with zero attached hydrogens (tertiary/aromatic N) is 3. The molecule has 0 spiro atoms. The predicted octanol–water partition coefficient (Wildman–Crippen LogP) is 2.43. The molecule has 6 heteroatoms. The number of aromatic nitrogens is 1. The third-order valence-corrected chi connectivity index (χ3v) is 3.92. The summed E-state index contributed by atoms with van der Waals surface area (Å²) in [6, 6.07) is 1.89. The summed E-state index contributed by atoms with van der Waals surface area (Å²) in [5.41, 5.74) is 0.672. The van der Waals surface area contributed by atoms with Crippen LogP contribution in [0.4, 0.5) is 11.5 Å². The third-order valence-electron chi connectivity index (χ3n) is 3.92. The van der Waals surface area contributed by atoms with E-state index in [9.17, 15) is 15.2 Å². The van der Waals surface area contributed by atoms with Gasteiger partial charge in [-0.15, -0.1) is 0 Å². The maximum Gasteiger partial charge on any atom is 0.314 e. The zero-order valence-corrected chi connectivity index (χ0v) is 11.8. The molecule has 1 aromatic rings. The van der Waals surface area contributed by atoms with Crippen LogP contribution in [0.5, 0.6) is 0 Å². The molecule has 0 atom stereocenters.